The predicted molar refractivity (Wildman–Crippen MR) is 37.1 cm³/mol. The van der Waals surface area contributed by atoms with Crippen molar-refractivity contribution in [3.63, 3.8) is 0 Å². The molecule has 0 saturated carbocycles. The Hall–Kier alpha value is -0.0500. The fourth-order valence-corrected chi connectivity index (χ4v) is 0.0645. The first-order valence-corrected chi connectivity index (χ1v) is 2.16. The van der Waals surface area contributed by atoms with E-state index in [1.807, 2.05) is 0 Å². The molecule has 0 bridgehead atoms. The lowest BCUT2D eigenvalue weighted by Gasteiger charge is -2.14. The Labute approximate surface area is 55.8 Å². The van der Waals surface area contributed by atoms with Crippen molar-refractivity contribution in [3.05, 3.63) is 12.7 Å². The molecule has 0 amide bonds. The van der Waals surface area contributed by atoms with Crippen LogP contribution in [0.25, 0.3) is 0 Å². The molecule has 0 aromatic rings. The van der Waals surface area contributed by atoms with E-state index in [-0.39, 0.29) is 19.0 Å². The summed E-state index contributed by atoms with van der Waals surface area (Å²) in [4.78, 5) is 0. The monoisotopic (exact) mass is 137 g/mol. The Morgan fingerprint density at radius 1 is 1.88 bits per heavy atom. The first-order chi connectivity index (χ1) is 3.12. The zero-order valence-electron chi connectivity index (χ0n) is 4.92. The van der Waals surface area contributed by atoms with Crippen molar-refractivity contribution in [2.24, 2.45) is 5.73 Å². The Balaban J connectivity index is 0. The van der Waals surface area contributed by atoms with Gasteiger partial charge < -0.3 is 10.8 Å². The molecule has 0 heterocycles. The Bertz CT molecular complexity index is 72.8. The van der Waals surface area contributed by atoms with Crippen LogP contribution in [-0.4, -0.2) is 17.3 Å². The van der Waals surface area contributed by atoms with Gasteiger partial charge in [-0.25, -0.2) is 0 Å². The van der Waals surface area contributed by atoms with Gasteiger partial charge in [0.1, 0.15) is 0 Å². The quantitative estimate of drug-likeness (QED) is 0.538. The number of nitrogens with two attached hydrogens (primary N) is 1. The largest absolute Gasteiger partial charge is 0.394 e. The number of aliphatic hydroxyl groups excluding tert-OH is 1. The van der Waals surface area contributed by atoms with Gasteiger partial charge >= 0.3 is 0 Å². The fraction of sp³-hybridized carbons (Fsp3) is 0.600. The van der Waals surface area contributed by atoms with Crippen LogP contribution in [0.5, 0.6) is 0 Å². The van der Waals surface area contributed by atoms with Crippen molar-refractivity contribution < 1.29 is 5.11 Å². The number of halogens is 1. The molecule has 0 aliphatic rings. The zero-order valence-corrected chi connectivity index (χ0v) is 5.74. The van der Waals surface area contributed by atoms with E-state index in [4.69, 9.17) is 10.8 Å². The van der Waals surface area contributed by atoms with Gasteiger partial charge in [-0.3, -0.25) is 0 Å². The minimum absolute atomic E-state index is 0. The van der Waals surface area contributed by atoms with Crippen LogP contribution in [0, 0.1) is 0 Å². The summed E-state index contributed by atoms with van der Waals surface area (Å²) in [7, 11) is 0. The maximum atomic E-state index is 8.40. The van der Waals surface area contributed by atoms with E-state index in [0.717, 1.165) is 0 Å². The second kappa shape index (κ2) is 3.89. The summed E-state index contributed by atoms with van der Waals surface area (Å²) >= 11 is 0. The zero-order chi connectivity index (χ0) is 5.91. The molecule has 3 heteroatoms. The molecule has 8 heavy (non-hydrogen) atoms. The van der Waals surface area contributed by atoms with Crippen molar-refractivity contribution in [2.75, 3.05) is 6.61 Å². The molecule has 2 nitrogen and oxygen atoms in total. The van der Waals surface area contributed by atoms with Gasteiger partial charge in [0.25, 0.3) is 0 Å². The van der Waals surface area contributed by atoms with Gasteiger partial charge in [-0.1, -0.05) is 6.08 Å². The van der Waals surface area contributed by atoms with Crippen LogP contribution in [0.15, 0.2) is 12.7 Å². The maximum Gasteiger partial charge on any atom is 0.0644 e. The molecular formula is C5H12ClNO. The van der Waals surface area contributed by atoms with E-state index in [0.29, 0.717) is 0 Å². The molecule has 0 spiro atoms. The van der Waals surface area contributed by atoms with Crippen molar-refractivity contribution >= 4 is 12.4 Å². The number of hydrogen-bond donors (Lipinski definition) is 2. The molecule has 50 valence electrons. The van der Waals surface area contributed by atoms with Gasteiger partial charge in [0.05, 0.1) is 12.1 Å². The normalized spacial score (nSPS) is 15.9. The maximum absolute atomic E-state index is 8.40. The molecule has 1 atom stereocenters. The Morgan fingerprint density at radius 2 is 2.25 bits per heavy atom. The molecule has 3 N–H and O–H groups in total. The van der Waals surface area contributed by atoms with Gasteiger partial charge in [0.2, 0.25) is 0 Å². The van der Waals surface area contributed by atoms with E-state index >= 15 is 0 Å². The van der Waals surface area contributed by atoms with Gasteiger partial charge in [-0.05, 0) is 6.92 Å². The minimum Gasteiger partial charge on any atom is -0.394 e. The average Bonchev–Trinajstić information content (AvgIpc) is 1.68. The van der Waals surface area contributed by atoms with Gasteiger partial charge in [-0.15, -0.1) is 19.0 Å². The summed E-state index contributed by atoms with van der Waals surface area (Å²) in [6.07, 6.45) is 1.52. The summed E-state index contributed by atoms with van der Waals surface area (Å²) in [5.41, 5.74) is 4.75. The first-order valence-electron chi connectivity index (χ1n) is 2.16. The molecule has 0 aliphatic carbocycles. The van der Waals surface area contributed by atoms with Crippen LogP contribution in [0.3, 0.4) is 0 Å². The van der Waals surface area contributed by atoms with Crippen LogP contribution in [0.4, 0.5) is 0 Å². The van der Waals surface area contributed by atoms with Crippen molar-refractivity contribution in [2.45, 2.75) is 12.5 Å². The lowest BCUT2D eigenvalue weighted by Crippen LogP contribution is -2.37. The average molecular weight is 138 g/mol. The first kappa shape index (κ1) is 10.8. The number of hydrogen-bond acceptors (Lipinski definition) is 2. The Kier molecular flexibility index (Phi) is 5.28. The highest BCUT2D eigenvalue weighted by Gasteiger charge is 2.08. The number of aliphatic hydroxyl groups is 1. The van der Waals surface area contributed by atoms with Gasteiger partial charge in [-0.2, -0.15) is 0 Å². The standard InChI is InChI=1S/C5H11NO.ClH/c1-3-5(2,6)4-7;/h3,7H,1,4,6H2,2H3;1H/t5-;/m1./s1. The second-order valence-electron chi connectivity index (χ2n) is 1.87. The van der Waals surface area contributed by atoms with Crippen molar-refractivity contribution in [1.29, 1.82) is 0 Å². The molecular weight excluding hydrogens is 126 g/mol. The molecule has 0 radical (unpaired) electrons. The molecule has 0 aliphatic heterocycles. The lowest BCUT2D eigenvalue weighted by molar-refractivity contribution is 0.238. The molecule has 0 rings (SSSR count). The second-order valence-corrected chi connectivity index (χ2v) is 1.87. The van der Waals surface area contributed by atoms with E-state index in [1.54, 1.807) is 6.92 Å². The van der Waals surface area contributed by atoms with E-state index in [2.05, 4.69) is 6.58 Å². The molecule has 0 saturated heterocycles. The highest BCUT2D eigenvalue weighted by molar-refractivity contribution is 5.85. The van der Waals surface area contributed by atoms with E-state index in [1.165, 1.54) is 6.08 Å². The van der Waals surface area contributed by atoms with Crippen LogP contribution in [-0.2, 0) is 0 Å². The highest BCUT2D eigenvalue weighted by Crippen LogP contribution is 1.94. The smallest absolute Gasteiger partial charge is 0.0644 e. The predicted octanol–water partition coefficient (Wildman–Crippen LogP) is 0.304. The SMILES string of the molecule is C=C[C@@](C)(N)CO.Cl. The van der Waals surface area contributed by atoms with Crippen molar-refractivity contribution in [1.82, 2.24) is 0 Å². The topological polar surface area (TPSA) is 46.2 Å². The van der Waals surface area contributed by atoms with Gasteiger partial charge in [0.15, 0.2) is 0 Å². The summed E-state index contributed by atoms with van der Waals surface area (Å²) < 4.78 is 0. The summed E-state index contributed by atoms with van der Waals surface area (Å²) in [5.74, 6) is 0. The summed E-state index contributed by atoms with van der Waals surface area (Å²) in [6.45, 7) is 5.08. The third-order valence-electron chi connectivity index (χ3n) is 0.807. The van der Waals surface area contributed by atoms with Crippen LogP contribution < -0.4 is 5.73 Å². The van der Waals surface area contributed by atoms with E-state index in [9.17, 15) is 0 Å². The molecule has 0 fully saturated rings. The number of rotatable bonds is 2. The lowest BCUT2D eigenvalue weighted by atomic mass is 10.1. The molecule has 0 aromatic carbocycles. The van der Waals surface area contributed by atoms with Crippen LogP contribution >= 0.6 is 12.4 Å². The third-order valence-corrected chi connectivity index (χ3v) is 0.807. The van der Waals surface area contributed by atoms with E-state index < -0.39 is 5.54 Å². The minimum atomic E-state index is -0.597. The van der Waals surface area contributed by atoms with Crippen LogP contribution in [0.2, 0.25) is 0 Å². The van der Waals surface area contributed by atoms with Crippen LogP contribution in [0.1, 0.15) is 6.92 Å². The molecule has 0 unspecified atom stereocenters. The van der Waals surface area contributed by atoms with Gasteiger partial charge in [0, 0.05) is 0 Å². The summed E-state index contributed by atoms with van der Waals surface area (Å²) in [6, 6.07) is 0. The fourth-order valence-electron chi connectivity index (χ4n) is 0.0645. The highest BCUT2D eigenvalue weighted by atomic mass is 35.5. The Morgan fingerprint density at radius 3 is 2.25 bits per heavy atom. The van der Waals surface area contributed by atoms with Crippen molar-refractivity contribution in [3.8, 4) is 0 Å². The molecule has 0 aromatic heterocycles. The third kappa shape index (κ3) is 4.12. The summed E-state index contributed by atoms with van der Waals surface area (Å²) in [5, 5.41) is 8.40.